The van der Waals surface area contributed by atoms with Crippen molar-refractivity contribution >= 4 is 23.1 Å². The van der Waals surface area contributed by atoms with E-state index in [-0.39, 0.29) is 29.6 Å². The summed E-state index contributed by atoms with van der Waals surface area (Å²) in [6.45, 7) is -0.0629. The van der Waals surface area contributed by atoms with Crippen molar-refractivity contribution in [3.8, 4) is 5.75 Å². The van der Waals surface area contributed by atoms with E-state index in [1.165, 1.54) is 0 Å². The predicted octanol–water partition coefficient (Wildman–Crippen LogP) is 1.38. The Morgan fingerprint density at radius 2 is 2.19 bits per heavy atom. The molecule has 0 aromatic heterocycles. The fourth-order valence-electron chi connectivity index (χ4n) is 2.56. The quantitative estimate of drug-likeness (QED) is 0.777. The molecule has 0 saturated heterocycles. The van der Waals surface area contributed by atoms with Crippen LogP contribution < -0.4 is 15.8 Å². The monoisotopic (exact) mass is 308 g/mol. The second-order valence-electron chi connectivity index (χ2n) is 5.03. The minimum absolute atomic E-state index is 0.0629. The van der Waals surface area contributed by atoms with Crippen molar-refractivity contribution in [1.82, 2.24) is 5.32 Å². The molecule has 1 aliphatic carbocycles. The Hall–Kier alpha value is -1.66. The summed E-state index contributed by atoms with van der Waals surface area (Å²) in [6, 6.07) is 7.22. The van der Waals surface area contributed by atoms with Gasteiger partial charge in [0.15, 0.2) is 6.61 Å². The van der Waals surface area contributed by atoms with Crippen LogP contribution in [0.25, 0.3) is 0 Å². The highest BCUT2D eigenvalue weighted by Crippen LogP contribution is 2.21. The van der Waals surface area contributed by atoms with E-state index in [0.717, 1.165) is 19.3 Å². The molecule has 0 aliphatic heterocycles. The minimum atomic E-state index is -0.165. The third kappa shape index (κ3) is 4.15. The van der Waals surface area contributed by atoms with Crippen LogP contribution in [-0.2, 0) is 9.53 Å². The highest BCUT2D eigenvalue weighted by atomic mass is 32.1. The van der Waals surface area contributed by atoms with Crippen LogP contribution >= 0.6 is 12.2 Å². The Labute approximate surface area is 129 Å². The second-order valence-corrected chi connectivity index (χ2v) is 5.47. The molecule has 1 aliphatic rings. The minimum Gasteiger partial charge on any atom is -0.483 e. The number of carbonyl (C=O) groups is 1. The summed E-state index contributed by atoms with van der Waals surface area (Å²) in [7, 11) is 1.67. The molecule has 1 amide bonds. The molecule has 5 nitrogen and oxygen atoms in total. The molecule has 1 saturated carbocycles. The molecule has 0 radical (unpaired) electrons. The van der Waals surface area contributed by atoms with Gasteiger partial charge in [-0.15, -0.1) is 0 Å². The van der Waals surface area contributed by atoms with Gasteiger partial charge in [0.1, 0.15) is 10.7 Å². The molecule has 6 heteroatoms. The van der Waals surface area contributed by atoms with Crippen molar-refractivity contribution in [1.29, 1.82) is 0 Å². The molecule has 2 unspecified atom stereocenters. The smallest absolute Gasteiger partial charge is 0.258 e. The van der Waals surface area contributed by atoms with Gasteiger partial charge in [0.25, 0.3) is 5.91 Å². The van der Waals surface area contributed by atoms with E-state index >= 15 is 0 Å². The lowest BCUT2D eigenvalue weighted by molar-refractivity contribution is -0.124. The van der Waals surface area contributed by atoms with E-state index in [1.54, 1.807) is 19.2 Å². The summed E-state index contributed by atoms with van der Waals surface area (Å²) in [4.78, 5) is 12.2. The van der Waals surface area contributed by atoms with Crippen LogP contribution in [0.5, 0.6) is 5.75 Å². The molecule has 0 heterocycles. The molecular formula is C15H20N2O3S. The first-order valence-electron chi connectivity index (χ1n) is 6.95. The number of ether oxygens (including phenoxy) is 2. The van der Waals surface area contributed by atoms with Crippen molar-refractivity contribution < 1.29 is 14.3 Å². The topological polar surface area (TPSA) is 73.6 Å². The number of nitrogens with one attached hydrogen (secondary N) is 1. The third-order valence-corrected chi connectivity index (χ3v) is 3.83. The first-order chi connectivity index (χ1) is 10.1. The second kappa shape index (κ2) is 7.38. The van der Waals surface area contributed by atoms with E-state index in [4.69, 9.17) is 27.4 Å². The zero-order chi connectivity index (χ0) is 15.2. The van der Waals surface area contributed by atoms with Gasteiger partial charge >= 0.3 is 0 Å². The Balaban J connectivity index is 1.88. The zero-order valence-electron chi connectivity index (χ0n) is 12.0. The van der Waals surface area contributed by atoms with Gasteiger partial charge in [-0.2, -0.15) is 0 Å². The fraction of sp³-hybridized carbons (Fsp3) is 0.467. The van der Waals surface area contributed by atoms with Gasteiger partial charge in [0.2, 0.25) is 0 Å². The number of nitrogens with two attached hydrogens (primary N) is 1. The lowest BCUT2D eigenvalue weighted by Crippen LogP contribution is -2.42. The maximum atomic E-state index is 12.0. The number of methoxy groups -OCH3 is 1. The van der Waals surface area contributed by atoms with E-state index in [9.17, 15) is 4.79 Å². The van der Waals surface area contributed by atoms with Crippen molar-refractivity contribution in [3.63, 3.8) is 0 Å². The summed E-state index contributed by atoms with van der Waals surface area (Å²) in [5.41, 5.74) is 6.26. The number of para-hydroxylation sites is 1. The van der Waals surface area contributed by atoms with Gasteiger partial charge in [-0.25, -0.2) is 0 Å². The average molecular weight is 308 g/mol. The fourth-order valence-corrected chi connectivity index (χ4v) is 2.73. The molecule has 0 bridgehead atoms. The van der Waals surface area contributed by atoms with Gasteiger partial charge in [-0.05, 0) is 31.4 Å². The van der Waals surface area contributed by atoms with Gasteiger partial charge in [-0.3, -0.25) is 4.79 Å². The van der Waals surface area contributed by atoms with E-state index in [2.05, 4.69) is 5.32 Å². The van der Waals surface area contributed by atoms with Crippen LogP contribution in [0, 0.1) is 0 Å². The number of amides is 1. The summed E-state index contributed by atoms with van der Waals surface area (Å²) in [6.07, 6.45) is 3.08. The lowest BCUT2D eigenvalue weighted by atomic mass is 10.2. The molecule has 1 aromatic rings. The van der Waals surface area contributed by atoms with Gasteiger partial charge in [0, 0.05) is 7.11 Å². The van der Waals surface area contributed by atoms with Crippen LogP contribution in [0.3, 0.4) is 0 Å². The summed E-state index contributed by atoms with van der Waals surface area (Å²) in [5, 5.41) is 2.95. The van der Waals surface area contributed by atoms with Crippen LogP contribution in [0.1, 0.15) is 24.8 Å². The van der Waals surface area contributed by atoms with E-state index < -0.39 is 0 Å². The normalized spacial score (nSPS) is 21.0. The molecular weight excluding hydrogens is 288 g/mol. The molecule has 114 valence electrons. The number of benzene rings is 1. The maximum absolute atomic E-state index is 12.0. The van der Waals surface area contributed by atoms with Gasteiger partial charge in [-0.1, -0.05) is 24.4 Å². The van der Waals surface area contributed by atoms with Gasteiger partial charge in [0.05, 0.1) is 17.7 Å². The Bertz CT molecular complexity index is 521. The predicted molar refractivity (Wildman–Crippen MR) is 84.4 cm³/mol. The molecule has 1 fully saturated rings. The molecule has 2 atom stereocenters. The maximum Gasteiger partial charge on any atom is 0.258 e. The lowest BCUT2D eigenvalue weighted by Gasteiger charge is -2.19. The van der Waals surface area contributed by atoms with Crippen molar-refractivity contribution in [2.45, 2.75) is 31.4 Å². The highest BCUT2D eigenvalue weighted by Gasteiger charge is 2.28. The number of hydrogen-bond donors (Lipinski definition) is 2. The van der Waals surface area contributed by atoms with Gasteiger partial charge < -0.3 is 20.5 Å². The van der Waals surface area contributed by atoms with Crippen LogP contribution in [-0.4, -0.2) is 36.8 Å². The number of carbonyl (C=O) groups excluding carboxylic acids is 1. The molecule has 3 N–H and O–H groups in total. The van der Waals surface area contributed by atoms with Crippen LogP contribution in [0.15, 0.2) is 24.3 Å². The molecule has 21 heavy (non-hydrogen) atoms. The van der Waals surface area contributed by atoms with Crippen LogP contribution in [0.4, 0.5) is 0 Å². The van der Waals surface area contributed by atoms with Crippen molar-refractivity contribution in [2.75, 3.05) is 13.7 Å². The summed E-state index contributed by atoms with van der Waals surface area (Å²) >= 11 is 4.96. The van der Waals surface area contributed by atoms with Crippen molar-refractivity contribution in [3.05, 3.63) is 29.8 Å². The first kappa shape index (κ1) is 15.7. The SMILES string of the molecule is COC1CCCC1NC(=O)COc1ccccc1C(N)=S. The number of rotatable bonds is 6. The Kier molecular flexibility index (Phi) is 5.52. The standard InChI is InChI=1S/C15H20N2O3S/c1-19-13-8-4-6-11(13)17-14(18)9-20-12-7-3-2-5-10(12)15(16)21/h2-3,5,7,11,13H,4,6,8-9H2,1H3,(H2,16,21)(H,17,18). The van der Waals surface area contributed by atoms with Crippen molar-refractivity contribution in [2.24, 2.45) is 5.73 Å². The number of hydrogen-bond acceptors (Lipinski definition) is 4. The molecule has 1 aromatic carbocycles. The largest absolute Gasteiger partial charge is 0.483 e. The molecule has 2 rings (SSSR count). The summed E-state index contributed by atoms with van der Waals surface area (Å²) < 4.78 is 10.9. The van der Waals surface area contributed by atoms with Crippen LogP contribution in [0.2, 0.25) is 0 Å². The first-order valence-corrected chi connectivity index (χ1v) is 7.36. The average Bonchev–Trinajstić information content (AvgIpc) is 2.92. The van der Waals surface area contributed by atoms with E-state index in [0.29, 0.717) is 11.3 Å². The zero-order valence-corrected chi connectivity index (χ0v) is 12.8. The summed E-state index contributed by atoms with van der Waals surface area (Å²) in [5.74, 6) is 0.358. The third-order valence-electron chi connectivity index (χ3n) is 3.61. The van der Waals surface area contributed by atoms with E-state index in [1.807, 2.05) is 12.1 Å². The Morgan fingerprint density at radius 1 is 1.43 bits per heavy atom. The molecule has 0 spiro atoms. The number of thiocarbonyl (C=S) groups is 1. The highest BCUT2D eigenvalue weighted by molar-refractivity contribution is 7.80. The Morgan fingerprint density at radius 3 is 2.90 bits per heavy atom.